The number of para-hydroxylation sites is 3. The van der Waals surface area contributed by atoms with E-state index in [9.17, 15) is 4.79 Å². The maximum atomic E-state index is 12.3. The molecule has 0 aliphatic rings. The van der Waals surface area contributed by atoms with Crippen LogP contribution < -0.4 is 15.4 Å². The minimum absolute atomic E-state index is 0.0405. The van der Waals surface area contributed by atoms with Crippen molar-refractivity contribution < 1.29 is 9.53 Å². The smallest absolute Gasteiger partial charge is 0.239 e. The maximum absolute atomic E-state index is 12.3. The highest BCUT2D eigenvalue weighted by atomic mass is 16.5. The van der Waals surface area contributed by atoms with Crippen molar-refractivity contribution in [3.8, 4) is 11.5 Å². The van der Waals surface area contributed by atoms with Gasteiger partial charge >= 0.3 is 0 Å². The Balaban J connectivity index is 1.58. The maximum Gasteiger partial charge on any atom is 0.239 e. The molecule has 0 aliphatic heterocycles. The Morgan fingerprint density at radius 3 is 2.23 bits per heavy atom. The lowest BCUT2D eigenvalue weighted by molar-refractivity contribution is -0.120. The van der Waals surface area contributed by atoms with Gasteiger partial charge in [0.15, 0.2) is 5.75 Å². The predicted molar refractivity (Wildman–Crippen MR) is 104 cm³/mol. The molecule has 0 aliphatic carbocycles. The first-order valence-corrected chi connectivity index (χ1v) is 8.62. The second-order valence-corrected chi connectivity index (χ2v) is 5.96. The Bertz CT molecular complexity index is 835. The third-order valence-corrected chi connectivity index (χ3v) is 3.97. The zero-order chi connectivity index (χ0) is 18.2. The lowest BCUT2D eigenvalue weighted by Gasteiger charge is -2.16. The fourth-order valence-electron chi connectivity index (χ4n) is 2.61. The molecule has 0 aromatic heterocycles. The number of ether oxygens (including phenoxy) is 1. The Morgan fingerprint density at radius 2 is 1.50 bits per heavy atom. The molecule has 26 heavy (non-hydrogen) atoms. The number of anilines is 1. The molecular formula is C22H22N2O2. The van der Waals surface area contributed by atoms with E-state index in [4.69, 9.17) is 4.74 Å². The van der Waals surface area contributed by atoms with Gasteiger partial charge in [-0.25, -0.2) is 0 Å². The summed E-state index contributed by atoms with van der Waals surface area (Å²) in [6.45, 7) is 2.14. The lowest BCUT2D eigenvalue weighted by Crippen LogP contribution is -2.32. The van der Waals surface area contributed by atoms with E-state index in [1.165, 1.54) is 0 Å². The fraction of sp³-hybridized carbons (Fsp3) is 0.136. The predicted octanol–water partition coefficient (Wildman–Crippen LogP) is 4.77. The molecule has 3 aromatic carbocycles. The van der Waals surface area contributed by atoms with E-state index in [0.29, 0.717) is 5.75 Å². The molecule has 0 unspecified atom stereocenters. The summed E-state index contributed by atoms with van der Waals surface area (Å²) in [5.41, 5.74) is 1.85. The van der Waals surface area contributed by atoms with Crippen LogP contribution in [-0.4, -0.2) is 12.5 Å². The molecule has 2 N–H and O–H groups in total. The number of carbonyl (C=O) groups is 1. The summed E-state index contributed by atoms with van der Waals surface area (Å²) < 4.78 is 5.90. The first-order chi connectivity index (χ1) is 12.7. The molecule has 0 saturated heterocycles. The highest BCUT2D eigenvalue weighted by molar-refractivity contribution is 5.81. The van der Waals surface area contributed by atoms with Gasteiger partial charge in [-0.3, -0.25) is 4.79 Å². The van der Waals surface area contributed by atoms with E-state index in [1.807, 2.05) is 91.9 Å². The van der Waals surface area contributed by atoms with Crippen LogP contribution in [0.4, 0.5) is 5.69 Å². The molecule has 0 radical (unpaired) electrons. The van der Waals surface area contributed by atoms with Gasteiger partial charge in [0.05, 0.1) is 18.3 Å². The molecule has 3 aromatic rings. The van der Waals surface area contributed by atoms with Gasteiger partial charge in [0.1, 0.15) is 5.75 Å². The minimum atomic E-state index is -0.0733. The first kappa shape index (κ1) is 17.5. The number of benzene rings is 3. The second kappa shape index (κ2) is 8.72. The van der Waals surface area contributed by atoms with Gasteiger partial charge in [0.2, 0.25) is 5.91 Å². The highest BCUT2D eigenvalue weighted by Gasteiger charge is 2.10. The van der Waals surface area contributed by atoms with Gasteiger partial charge in [-0.15, -0.1) is 0 Å². The van der Waals surface area contributed by atoms with Crippen molar-refractivity contribution in [2.24, 2.45) is 0 Å². The molecule has 0 heterocycles. The van der Waals surface area contributed by atoms with E-state index in [2.05, 4.69) is 10.6 Å². The molecule has 3 rings (SSSR count). The van der Waals surface area contributed by atoms with Crippen molar-refractivity contribution in [2.75, 3.05) is 11.9 Å². The van der Waals surface area contributed by atoms with Crippen LogP contribution in [0.2, 0.25) is 0 Å². The Kier molecular flexibility index (Phi) is 5.88. The van der Waals surface area contributed by atoms with Crippen LogP contribution in [0.1, 0.15) is 18.5 Å². The number of rotatable bonds is 7. The SMILES string of the molecule is C[C@@H](NC(=O)CNc1ccccc1Oc1ccccc1)c1ccccc1. The van der Waals surface area contributed by atoms with Gasteiger partial charge in [-0.1, -0.05) is 60.7 Å². The summed E-state index contributed by atoms with van der Waals surface area (Å²) >= 11 is 0. The van der Waals surface area contributed by atoms with Crippen molar-refractivity contribution in [3.05, 3.63) is 90.5 Å². The summed E-state index contributed by atoms with van der Waals surface area (Å²) in [7, 11) is 0. The summed E-state index contributed by atoms with van der Waals surface area (Å²) in [6, 6.07) is 27.0. The Labute approximate surface area is 153 Å². The molecule has 0 bridgehead atoms. The van der Waals surface area contributed by atoms with Crippen LogP contribution in [0.3, 0.4) is 0 Å². The van der Waals surface area contributed by atoms with Crippen LogP contribution >= 0.6 is 0 Å². The van der Waals surface area contributed by atoms with E-state index in [1.54, 1.807) is 0 Å². The van der Waals surface area contributed by atoms with E-state index in [-0.39, 0.29) is 18.5 Å². The Morgan fingerprint density at radius 1 is 0.885 bits per heavy atom. The van der Waals surface area contributed by atoms with E-state index < -0.39 is 0 Å². The monoisotopic (exact) mass is 346 g/mol. The third kappa shape index (κ3) is 4.86. The summed E-state index contributed by atoms with van der Waals surface area (Å²) in [6.07, 6.45) is 0. The molecule has 0 saturated carbocycles. The van der Waals surface area contributed by atoms with Crippen LogP contribution in [-0.2, 0) is 4.79 Å². The second-order valence-electron chi connectivity index (χ2n) is 5.96. The quantitative estimate of drug-likeness (QED) is 0.648. The highest BCUT2D eigenvalue weighted by Crippen LogP contribution is 2.28. The largest absolute Gasteiger partial charge is 0.455 e. The zero-order valence-electron chi connectivity index (χ0n) is 14.7. The van der Waals surface area contributed by atoms with Crippen LogP contribution in [0.5, 0.6) is 11.5 Å². The van der Waals surface area contributed by atoms with Crippen molar-refractivity contribution in [1.82, 2.24) is 5.32 Å². The first-order valence-electron chi connectivity index (χ1n) is 8.62. The zero-order valence-corrected chi connectivity index (χ0v) is 14.7. The molecule has 4 heteroatoms. The van der Waals surface area contributed by atoms with Gasteiger partial charge in [0.25, 0.3) is 0 Å². The van der Waals surface area contributed by atoms with Crippen LogP contribution in [0.15, 0.2) is 84.9 Å². The van der Waals surface area contributed by atoms with Gasteiger partial charge < -0.3 is 15.4 Å². The molecule has 0 fully saturated rings. The van der Waals surface area contributed by atoms with Crippen LogP contribution in [0, 0.1) is 0 Å². The number of carbonyl (C=O) groups excluding carboxylic acids is 1. The minimum Gasteiger partial charge on any atom is -0.455 e. The average molecular weight is 346 g/mol. The number of hydrogen-bond donors (Lipinski definition) is 2. The molecule has 1 amide bonds. The number of nitrogens with one attached hydrogen (secondary N) is 2. The van der Waals surface area contributed by atoms with Gasteiger partial charge in [0, 0.05) is 0 Å². The van der Waals surface area contributed by atoms with E-state index >= 15 is 0 Å². The molecule has 132 valence electrons. The van der Waals surface area contributed by atoms with Crippen molar-refractivity contribution >= 4 is 11.6 Å². The molecular weight excluding hydrogens is 324 g/mol. The summed E-state index contributed by atoms with van der Waals surface area (Å²) in [5.74, 6) is 1.36. The summed E-state index contributed by atoms with van der Waals surface area (Å²) in [4.78, 5) is 12.3. The number of amides is 1. The standard InChI is InChI=1S/C22H22N2O2/c1-17(18-10-4-2-5-11-18)24-22(25)16-23-20-14-8-9-15-21(20)26-19-12-6-3-7-13-19/h2-15,17,23H,16H2,1H3,(H,24,25)/t17-/m1/s1. The average Bonchev–Trinajstić information content (AvgIpc) is 2.69. The molecule has 0 spiro atoms. The Hall–Kier alpha value is -3.27. The van der Waals surface area contributed by atoms with Crippen molar-refractivity contribution in [3.63, 3.8) is 0 Å². The van der Waals surface area contributed by atoms with Crippen molar-refractivity contribution in [2.45, 2.75) is 13.0 Å². The lowest BCUT2D eigenvalue weighted by atomic mass is 10.1. The number of hydrogen-bond acceptors (Lipinski definition) is 3. The van der Waals surface area contributed by atoms with Gasteiger partial charge in [-0.05, 0) is 36.8 Å². The van der Waals surface area contributed by atoms with Gasteiger partial charge in [-0.2, -0.15) is 0 Å². The normalized spacial score (nSPS) is 11.4. The van der Waals surface area contributed by atoms with Crippen molar-refractivity contribution in [1.29, 1.82) is 0 Å². The summed E-state index contributed by atoms with van der Waals surface area (Å²) in [5, 5.41) is 6.15. The molecule has 4 nitrogen and oxygen atoms in total. The molecule has 1 atom stereocenters. The third-order valence-electron chi connectivity index (χ3n) is 3.97. The van der Waals surface area contributed by atoms with E-state index in [0.717, 1.165) is 17.0 Å². The van der Waals surface area contributed by atoms with Crippen LogP contribution in [0.25, 0.3) is 0 Å². The fourth-order valence-corrected chi connectivity index (χ4v) is 2.61. The topological polar surface area (TPSA) is 50.4 Å².